The average molecular weight is 341 g/mol. The maximum Gasteiger partial charge on any atom is 0.245 e. The molecule has 0 saturated carbocycles. The van der Waals surface area contributed by atoms with E-state index in [0.717, 1.165) is 4.68 Å². The lowest BCUT2D eigenvalue weighted by Gasteiger charge is -1.97. The summed E-state index contributed by atoms with van der Waals surface area (Å²) in [7, 11) is 0. The predicted octanol–water partition coefficient (Wildman–Crippen LogP) is 3.90. The number of aromatic hydroxyl groups is 1. The molecule has 3 N–H and O–H groups in total. The highest BCUT2D eigenvalue weighted by Crippen LogP contribution is 2.38. The second kappa shape index (κ2) is 6.55. The summed E-state index contributed by atoms with van der Waals surface area (Å²) in [5, 5.41) is 22.3. The van der Waals surface area contributed by atoms with Crippen molar-refractivity contribution >= 4 is 28.7 Å². The van der Waals surface area contributed by atoms with Crippen molar-refractivity contribution in [3.8, 4) is 17.1 Å². The van der Waals surface area contributed by atoms with E-state index in [9.17, 15) is 9.50 Å². The van der Waals surface area contributed by atoms with Gasteiger partial charge in [-0.05, 0) is 24.4 Å². The van der Waals surface area contributed by atoms with Gasteiger partial charge in [0.2, 0.25) is 5.88 Å². The van der Waals surface area contributed by atoms with Crippen LogP contribution in [0.1, 0.15) is 0 Å². The van der Waals surface area contributed by atoms with Crippen LogP contribution in [0.3, 0.4) is 0 Å². The zero-order valence-corrected chi connectivity index (χ0v) is 13.1. The molecule has 3 rings (SSSR count). The van der Waals surface area contributed by atoms with Crippen molar-refractivity contribution in [1.29, 1.82) is 0 Å². The fraction of sp³-hybridized carbons (Fsp3) is 0. The third kappa shape index (κ3) is 3.13. The van der Waals surface area contributed by atoms with Gasteiger partial charge in [0.1, 0.15) is 11.5 Å². The highest BCUT2D eigenvalue weighted by molar-refractivity contribution is 7.80. The van der Waals surface area contributed by atoms with E-state index < -0.39 is 5.82 Å². The number of thiocarbonyl (C=S) groups is 1. The SMILES string of the molecule is NC(=S)n1nc(-c2ccccc2)c(/N=N/c2cccc(F)c2)c1O. The number of hydrogen-bond donors (Lipinski definition) is 2. The minimum atomic E-state index is -0.433. The Labute approximate surface area is 142 Å². The lowest BCUT2D eigenvalue weighted by atomic mass is 10.1. The molecule has 0 aliphatic heterocycles. The normalized spacial score (nSPS) is 11.0. The Kier molecular flexibility index (Phi) is 4.30. The summed E-state index contributed by atoms with van der Waals surface area (Å²) < 4.78 is 14.2. The quantitative estimate of drug-likeness (QED) is 0.558. The van der Waals surface area contributed by atoms with Gasteiger partial charge in [0.25, 0.3) is 0 Å². The van der Waals surface area contributed by atoms with Crippen LogP contribution in [0.5, 0.6) is 5.88 Å². The molecule has 24 heavy (non-hydrogen) atoms. The Morgan fingerprint density at radius 2 is 1.88 bits per heavy atom. The van der Waals surface area contributed by atoms with Crippen molar-refractivity contribution in [2.75, 3.05) is 0 Å². The van der Waals surface area contributed by atoms with Gasteiger partial charge in [-0.2, -0.15) is 14.9 Å². The van der Waals surface area contributed by atoms with Gasteiger partial charge in [-0.3, -0.25) is 0 Å². The molecule has 0 unspecified atom stereocenters. The molecule has 0 saturated heterocycles. The van der Waals surface area contributed by atoms with Crippen molar-refractivity contribution in [3.05, 3.63) is 60.4 Å². The number of aromatic nitrogens is 2. The number of nitrogens with two attached hydrogens (primary N) is 1. The van der Waals surface area contributed by atoms with Gasteiger partial charge in [0.05, 0.1) is 5.69 Å². The van der Waals surface area contributed by atoms with E-state index in [2.05, 4.69) is 15.3 Å². The molecular weight excluding hydrogens is 329 g/mol. The lowest BCUT2D eigenvalue weighted by Crippen LogP contribution is -2.19. The first kappa shape index (κ1) is 15.8. The second-order valence-electron chi connectivity index (χ2n) is 4.82. The highest BCUT2D eigenvalue weighted by Gasteiger charge is 2.20. The molecule has 1 aromatic heterocycles. The molecule has 3 aromatic rings. The largest absolute Gasteiger partial charge is 0.492 e. The van der Waals surface area contributed by atoms with E-state index in [1.165, 1.54) is 18.2 Å². The van der Waals surface area contributed by atoms with Crippen LogP contribution in [0.15, 0.2) is 64.8 Å². The summed E-state index contributed by atoms with van der Waals surface area (Å²) in [6.07, 6.45) is 0. The van der Waals surface area contributed by atoms with E-state index in [1.54, 1.807) is 18.2 Å². The maximum atomic E-state index is 13.2. The molecule has 120 valence electrons. The number of hydrogen-bond acceptors (Lipinski definition) is 5. The predicted molar refractivity (Wildman–Crippen MR) is 92.1 cm³/mol. The van der Waals surface area contributed by atoms with Gasteiger partial charge in [0.15, 0.2) is 10.8 Å². The minimum absolute atomic E-state index is 0.0956. The van der Waals surface area contributed by atoms with E-state index >= 15 is 0 Å². The van der Waals surface area contributed by atoms with E-state index in [1.807, 2.05) is 18.2 Å². The Morgan fingerprint density at radius 3 is 2.54 bits per heavy atom. The first-order valence-corrected chi connectivity index (χ1v) is 7.31. The smallest absolute Gasteiger partial charge is 0.245 e. The van der Waals surface area contributed by atoms with E-state index in [0.29, 0.717) is 16.9 Å². The summed E-state index contributed by atoms with van der Waals surface area (Å²) in [5.41, 5.74) is 7.02. The van der Waals surface area contributed by atoms with Crippen LogP contribution in [0, 0.1) is 5.82 Å². The number of azo groups is 1. The van der Waals surface area contributed by atoms with Gasteiger partial charge in [0, 0.05) is 11.6 Å². The molecule has 8 heteroatoms. The lowest BCUT2D eigenvalue weighted by molar-refractivity contribution is 0.440. The maximum absolute atomic E-state index is 13.2. The molecule has 0 amide bonds. The molecule has 0 radical (unpaired) electrons. The van der Waals surface area contributed by atoms with Gasteiger partial charge in [-0.25, -0.2) is 4.39 Å². The Bertz CT molecular complexity index is 923. The number of rotatable bonds is 3. The van der Waals surface area contributed by atoms with Crippen molar-refractivity contribution in [2.24, 2.45) is 16.0 Å². The van der Waals surface area contributed by atoms with Crippen molar-refractivity contribution in [1.82, 2.24) is 9.78 Å². The second-order valence-corrected chi connectivity index (χ2v) is 5.24. The van der Waals surface area contributed by atoms with Gasteiger partial charge >= 0.3 is 0 Å². The molecule has 0 fully saturated rings. The van der Waals surface area contributed by atoms with Gasteiger partial charge < -0.3 is 10.8 Å². The monoisotopic (exact) mass is 341 g/mol. The van der Waals surface area contributed by atoms with Crippen LogP contribution in [0.2, 0.25) is 0 Å². The molecule has 0 spiro atoms. The first-order valence-electron chi connectivity index (χ1n) is 6.91. The van der Waals surface area contributed by atoms with Gasteiger partial charge in [-0.1, -0.05) is 36.4 Å². The van der Waals surface area contributed by atoms with Crippen molar-refractivity contribution < 1.29 is 9.50 Å². The topological polar surface area (TPSA) is 88.8 Å². The summed E-state index contributed by atoms with van der Waals surface area (Å²) >= 11 is 4.86. The third-order valence-electron chi connectivity index (χ3n) is 3.17. The Balaban J connectivity index is 2.10. The van der Waals surface area contributed by atoms with Crippen molar-refractivity contribution in [3.63, 3.8) is 0 Å². The molecule has 2 aromatic carbocycles. The summed E-state index contributed by atoms with van der Waals surface area (Å²) in [6.45, 7) is 0. The molecule has 0 aliphatic rings. The van der Waals surface area contributed by atoms with Crippen LogP contribution in [-0.4, -0.2) is 20.0 Å². The fourth-order valence-corrected chi connectivity index (χ4v) is 2.21. The minimum Gasteiger partial charge on any atom is -0.492 e. The summed E-state index contributed by atoms with van der Waals surface area (Å²) in [4.78, 5) is 0. The van der Waals surface area contributed by atoms with Gasteiger partial charge in [-0.15, -0.1) is 5.11 Å². The van der Waals surface area contributed by atoms with E-state index in [-0.39, 0.29) is 16.7 Å². The highest BCUT2D eigenvalue weighted by atomic mass is 32.1. The fourth-order valence-electron chi connectivity index (χ4n) is 2.08. The summed E-state index contributed by atoms with van der Waals surface area (Å²) in [5.74, 6) is -0.765. The zero-order chi connectivity index (χ0) is 17.1. The number of halogens is 1. The molecule has 1 heterocycles. The molecule has 0 bridgehead atoms. The Morgan fingerprint density at radius 1 is 1.12 bits per heavy atom. The number of benzene rings is 2. The van der Waals surface area contributed by atoms with Crippen LogP contribution >= 0.6 is 12.2 Å². The van der Waals surface area contributed by atoms with Crippen LogP contribution in [0.25, 0.3) is 11.3 Å². The van der Waals surface area contributed by atoms with Crippen LogP contribution in [-0.2, 0) is 0 Å². The standard InChI is InChI=1S/C16H12FN5OS/c17-11-7-4-8-12(9-11)19-20-14-13(10-5-2-1-3-6-10)21-22(15(14)23)16(18)24/h1-9,23H,(H2,18,24)/b20-19+. The molecule has 6 nitrogen and oxygen atoms in total. The average Bonchev–Trinajstić information content (AvgIpc) is 2.91. The number of nitrogens with zero attached hydrogens (tertiary/aromatic N) is 4. The first-order chi connectivity index (χ1) is 11.6. The van der Waals surface area contributed by atoms with Crippen LogP contribution < -0.4 is 5.73 Å². The van der Waals surface area contributed by atoms with Crippen LogP contribution in [0.4, 0.5) is 15.8 Å². The van der Waals surface area contributed by atoms with E-state index in [4.69, 9.17) is 18.0 Å². The van der Waals surface area contributed by atoms with Crippen molar-refractivity contribution in [2.45, 2.75) is 0 Å². The molecule has 0 aliphatic carbocycles. The molecule has 0 atom stereocenters. The third-order valence-corrected chi connectivity index (χ3v) is 3.34. The zero-order valence-electron chi connectivity index (χ0n) is 12.3. The molecular formula is C16H12FN5OS. The summed E-state index contributed by atoms with van der Waals surface area (Å²) in [6, 6.07) is 14.7. The Hall–Kier alpha value is -3.13.